The summed E-state index contributed by atoms with van der Waals surface area (Å²) in [6, 6.07) is 7.49. The summed E-state index contributed by atoms with van der Waals surface area (Å²) in [6.07, 6.45) is 4.98. The Hall–Kier alpha value is -1.89. The molecule has 4 fully saturated rings. The monoisotopic (exact) mass is 442 g/mol. The molecule has 3 saturated heterocycles. The van der Waals surface area contributed by atoms with Crippen molar-refractivity contribution in [1.29, 1.82) is 0 Å². The molecule has 2 bridgehead atoms. The Labute approximate surface area is 190 Å². The number of benzene rings is 1. The first-order chi connectivity index (χ1) is 15.3. The molecular weight excluding hydrogens is 408 g/mol. The van der Waals surface area contributed by atoms with Gasteiger partial charge in [-0.15, -0.1) is 0 Å². The number of fused-ring (bicyclic) bond motifs is 2. The molecule has 0 amide bonds. The molecule has 0 aromatic heterocycles. The predicted molar refractivity (Wildman–Crippen MR) is 117 cm³/mol. The number of carbonyl (C=O) groups excluding carboxylic acids is 1. The Kier molecular flexibility index (Phi) is 5.59. The number of hydrogen-bond acceptors (Lipinski definition) is 6. The van der Waals surface area contributed by atoms with Gasteiger partial charge in [0.05, 0.1) is 17.9 Å². The molecule has 1 aliphatic carbocycles. The van der Waals surface area contributed by atoms with Gasteiger partial charge in [0.2, 0.25) is 12.1 Å². The Morgan fingerprint density at radius 2 is 1.97 bits per heavy atom. The van der Waals surface area contributed by atoms with Crippen molar-refractivity contribution in [3.63, 3.8) is 0 Å². The van der Waals surface area contributed by atoms with Crippen molar-refractivity contribution in [3.05, 3.63) is 46.7 Å². The second kappa shape index (κ2) is 8.15. The summed E-state index contributed by atoms with van der Waals surface area (Å²) in [5, 5.41) is 0. The van der Waals surface area contributed by atoms with E-state index in [1.165, 1.54) is 12.0 Å². The van der Waals surface area contributed by atoms with Crippen molar-refractivity contribution in [2.75, 3.05) is 6.61 Å². The molecule has 4 heterocycles. The number of hydrogen-bond donors (Lipinski definition) is 0. The number of esters is 1. The highest BCUT2D eigenvalue weighted by Gasteiger charge is 2.68. The van der Waals surface area contributed by atoms with E-state index < -0.39 is 17.7 Å². The van der Waals surface area contributed by atoms with E-state index >= 15 is 0 Å². The molecule has 1 saturated carbocycles. The van der Waals surface area contributed by atoms with E-state index in [0.29, 0.717) is 36.8 Å². The minimum atomic E-state index is -0.767. The normalized spacial score (nSPS) is 38.0. The molecule has 0 N–H and O–H groups in total. The van der Waals surface area contributed by atoms with Crippen LogP contribution in [0.2, 0.25) is 0 Å². The lowest BCUT2D eigenvalue weighted by molar-refractivity contribution is -0.556. The Balaban J connectivity index is 1.29. The fourth-order valence-electron chi connectivity index (χ4n) is 6.21. The number of aryl methyl sites for hydroxylation is 1. The smallest absolute Gasteiger partial charge is 0.338 e. The Morgan fingerprint density at radius 1 is 1.16 bits per heavy atom. The van der Waals surface area contributed by atoms with Crippen molar-refractivity contribution >= 4 is 5.97 Å². The third-order valence-electron chi connectivity index (χ3n) is 8.08. The van der Waals surface area contributed by atoms with Crippen LogP contribution >= 0.6 is 0 Å². The highest BCUT2D eigenvalue weighted by molar-refractivity contribution is 5.90. The second-order valence-electron chi connectivity index (χ2n) is 10.1. The highest BCUT2D eigenvalue weighted by atomic mass is 17.3. The predicted octanol–water partition coefficient (Wildman–Crippen LogP) is 5.45. The number of rotatable bonds is 5. The van der Waals surface area contributed by atoms with Gasteiger partial charge in [-0.2, -0.15) is 0 Å². The zero-order chi connectivity index (χ0) is 22.5. The molecule has 1 spiro atoms. The van der Waals surface area contributed by atoms with Crippen LogP contribution in [0.3, 0.4) is 0 Å². The minimum absolute atomic E-state index is 0.217. The summed E-state index contributed by atoms with van der Waals surface area (Å²) in [5.41, 5.74) is 2.20. The van der Waals surface area contributed by atoms with Gasteiger partial charge in [0.25, 0.3) is 0 Å². The zero-order valence-corrected chi connectivity index (χ0v) is 19.5. The molecule has 1 aromatic carbocycles. The zero-order valence-electron chi connectivity index (χ0n) is 19.5. The topological polar surface area (TPSA) is 63.2 Å². The maximum Gasteiger partial charge on any atom is 0.338 e. The van der Waals surface area contributed by atoms with Crippen molar-refractivity contribution in [2.24, 2.45) is 17.8 Å². The Bertz CT molecular complexity index is 925. The molecule has 4 aliphatic heterocycles. The lowest BCUT2D eigenvalue weighted by Gasteiger charge is -2.57. The van der Waals surface area contributed by atoms with Gasteiger partial charge in [-0.25, -0.2) is 14.6 Å². The highest BCUT2D eigenvalue weighted by Crippen LogP contribution is 2.60. The van der Waals surface area contributed by atoms with Crippen LogP contribution < -0.4 is 0 Å². The fourth-order valence-corrected chi connectivity index (χ4v) is 6.21. The van der Waals surface area contributed by atoms with Gasteiger partial charge in [-0.05, 0) is 69.6 Å². The van der Waals surface area contributed by atoms with Crippen LogP contribution in [-0.2, 0) is 24.0 Å². The second-order valence-corrected chi connectivity index (χ2v) is 10.1. The van der Waals surface area contributed by atoms with E-state index in [2.05, 4.69) is 13.8 Å². The number of ether oxygens (including phenoxy) is 3. The SMILES string of the molecule is CC1=C(CCCOC(=O)c2ccccc2C)OC2O[C@]3(C)CC[C@H]4[C@H](C)CC[C@@H]1[C@@]24OO3. The van der Waals surface area contributed by atoms with E-state index in [-0.39, 0.29) is 11.9 Å². The van der Waals surface area contributed by atoms with Gasteiger partial charge in [-0.1, -0.05) is 25.1 Å². The van der Waals surface area contributed by atoms with Crippen molar-refractivity contribution < 1.29 is 28.8 Å². The lowest BCUT2D eigenvalue weighted by atomic mass is 9.59. The largest absolute Gasteiger partial charge is 0.466 e. The van der Waals surface area contributed by atoms with Crippen LogP contribution in [0.4, 0.5) is 0 Å². The first-order valence-electron chi connectivity index (χ1n) is 12.0. The quantitative estimate of drug-likeness (QED) is 0.343. The summed E-state index contributed by atoms with van der Waals surface area (Å²) in [5.74, 6) is 1.02. The van der Waals surface area contributed by atoms with Crippen molar-refractivity contribution in [2.45, 2.75) is 83.9 Å². The molecule has 5 aliphatic rings. The average molecular weight is 443 g/mol. The third-order valence-corrected chi connectivity index (χ3v) is 8.08. The van der Waals surface area contributed by atoms with Gasteiger partial charge in [0.15, 0.2) is 5.60 Å². The van der Waals surface area contributed by atoms with E-state index in [9.17, 15) is 4.79 Å². The summed E-state index contributed by atoms with van der Waals surface area (Å²) in [6.45, 7) is 8.68. The average Bonchev–Trinajstić information content (AvgIpc) is 3.00. The Morgan fingerprint density at radius 3 is 2.78 bits per heavy atom. The van der Waals surface area contributed by atoms with Gasteiger partial charge >= 0.3 is 5.97 Å². The van der Waals surface area contributed by atoms with Crippen LogP contribution in [0.25, 0.3) is 0 Å². The van der Waals surface area contributed by atoms with Crippen molar-refractivity contribution in [1.82, 2.24) is 0 Å². The molecule has 6 atom stereocenters. The lowest BCUT2D eigenvalue weighted by Crippen LogP contribution is -2.66. The van der Waals surface area contributed by atoms with Crippen LogP contribution in [0.5, 0.6) is 0 Å². The van der Waals surface area contributed by atoms with Gasteiger partial charge in [-0.3, -0.25) is 0 Å². The summed E-state index contributed by atoms with van der Waals surface area (Å²) < 4.78 is 18.4. The van der Waals surface area contributed by atoms with Crippen LogP contribution in [-0.4, -0.2) is 30.3 Å². The summed E-state index contributed by atoms with van der Waals surface area (Å²) in [4.78, 5) is 24.4. The van der Waals surface area contributed by atoms with E-state index in [0.717, 1.165) is 30.6 Å². The maximum atomic E-state index is 12.4. The van der Waals surface area contributed by atoms with Gasteiger partial charge in [0.1, 0.15) is 0 Å². The molecular formula is C26H34O6. The summed E-state index contributed by atoms with van der Waals surface area (Å²) in [7, 11) is 0. The molecule has 0 radical (unpaired) electrons. The first kappa shape index (κ1) is 21.9. The van der Waals surface area contributed by atoms with E-state index in [4.69, 9.17) is 24.0 Å². The first-order valence-corrected chi connectivity index (χ1v) is 12.0. The third kappa shape index (κ3) is 3.47. The maximum absolute atomic E-state index is 12.4. The van der Waals surface area contributed by atoms with Crippen LogP contribution in [0.15, 0.2) is 35.6 Å². The van der Waals surface area contributed by atoms with E-state index in [1.54, 1.807) is 6.07 Å². The molecule has 6 heteroatoms. The van der Waals surface area contributed by atoms with Crippen LogP contribution in [0.1, 0.15) is 75.2 Å². The van der Waals surface area contributed by atoms with Crippen LogP contribution in [0, 0.1) is 24.7 Å². The van der Waals surface area contributed by atoms with Gasteiger partial charge < -0.3 is 14.2 Å². The standard InChI is InChI=1S/C26H34O6/c1-16-8-5-6-9-19(16)23(27)28-15-7-10-22-18(3)21-12-11-17(2)20-13-14-25(4)30-24(29-22)26(20,21)32-31-25/h5-6,8-9,17,20-21,24H,7,10-15H2,1-4H3/t17-,20+,21+,24?,25+,26-/m1/s1. The molecule has 32 heavy (non-hydrogen) atoms. The molecule has 6 rings (SSSR count). The summed E-state index contributed by atoms with van der Waals surface area (Å²) >= 11 is 0. The van der Waals surface area contributed by atoms with Gasteiger partial charge in [0, 0.05) is 24.7 Å². The number of carbonyl (C=O) groups is 1. The fraction of sp³-hybridized carbons (Fsp3) is 0.654. The molecule has 1 unspecified atom stereocenters. The molecule has 6 nitrogen and oxygen atoms in total. The minimum Gasteiger partial charge on any atom is -0.466 e. The van der Waals surface area contributed by atoms with E-state index in [1.807, 2.05) is 32.0 Å². The molecule has 1 aromatic rings. The molecule has 174 valence electrons. The number of allylic oxidation sites excluding steroid dienone is 1. The van der Waals surface area contributed by atoms with Crippen molar-refractivity contribution in [3.8, 4) is 0 Å².